The van der Waals surface area contributed by atoms with Gasteiger partial charge in [-0.25, -0.2) is 13.1 Å². The van der Waals surface area contributed by atoms with Crippen molar-refractivity contribution in [2.75, 3.05) is 13.1 Å². The summed E-state index contributed by atoms with van der Waals surface area (Å²) >= 11 is 0.987. The van der Waals surface area contributed by atoms with Gasteiger partial charge in [0.1, 0.15) is 10.8 Å². The van der Waals surface area contributed by atoms with Crippen molar-refractivity contribution < 1.29 is 21.6 Å². The standard InChI is InChI=1S/C11H17F3N2O2S2/c1-3-4-15-6-9-8(2)5-10(19-9)20(17,18)16-7-11(12,13)14/h5,15-16H,3-4,6-7H2,1-2H3. The third kappa shape index (κ3) is 5.39. The van der Waals surface area contributed by atoms with Crippen molar-refractivity contribution in [2.24, 2.45) is 0 Å². The summed E-state index contributed by atoms with van der Waals surface area (Å²) in [5.74, 6) is 0. The van der Waals surface area contributed by atoms with E-state index in [1.165, 1.54) is 6.07 Å². The first kappa shape index (κ1) is 17.4. The lowest BCUT2D eigenvalue weighted by Gasteiger charge is -2.07. The number of nitrogens with one attached hydrogen (secondary N) is 2. The van der Waals surface area contributed by atoms with Gasteiger partial charge in [0.15, 0.2) is 0 Å². The second kappa shape index (κ2) is 6.88. The number of rotatable bonds is 7. The largest absolute Gasteiger partial charge is 0.402 e. The number of hydrogen-bond donors (Lipinski definition) is 2. The van der Waals surface area contributed by atoms with E-state index in [1.807, 2.05) is 6.92 Å². The van der Waals surface area contributed by atoms with E-state index in [0.717, 1.165) is 34.7 Å². The lowest BCUT2D eigenvalue weighted by atomic mass is 10.3. The predicted octanol–water partition coefficient (Wildman–Crippen LogP) is 2.40. The molecule has 116 valence electrons. The molecule has 0 saturated heterocycles. The average molecular weight is 330 g/mol. The first-order valence-electron chi connectivity index (χ1n) is 6.02. The normalized spacial score (nSPS) is 12.8. The van der Waals surface area contributed by atoms with Crippen LogP contribution in [0.5, 0.6) is 0 Å². The fourth-order valence-electron chi connectivity index (χ4n) is 1.42. The molecule has 0 saturated carbocycles. The highest BCUT2D eigenvalue weighted by Gasteiger charge is 2.30. The zero-order valence-corrected chi connectivity index (χ0v) is 12.8. The van der Waals surface area contributed by atoms with E-state index in [4.69, 9.17) is 0 Å². The summed E-state index contributed by atoms with van der Waals surface area (Å²) in [6.07, 6.45) is -3.62. The van der Waals surface area contributed by atoms with Gasteiger partial charge in [-0.3, -0.25) is 0 Å². The Kier molecular flexibility index (Phi) is 5.99. The van der Waals surface area contributed by atoms with Crippen LogP contribution in [0.25, 0.3) is 0 Å². The highest BCUT2D eigenvalue weighted by Crippen LogP contribution is 2.26. The predicted molar refractivity (Wildman–Crippen MR) is 72.3 cm³/mol. The van der Waals surface area contributed by atoms with Crippen LogP contribution in [0, 0.1) is 6.92 Å². The molecule has 1 aromatic rings. The van der Waals surface area contributed by atoms with Gasteiger partial charge in [0.25, 0.3) is 0 Å². The Labute approximate surface area is 120 Å². The molecule has 0 fully saturated rings. The molecular formula is C11H17F3N2O2S2. The van der Waals surface area contributed by atoms with Crippen molar-refractivity contribution in [2.45, 2.75) is 37.2 Å². The van der Waals surface area contributed by atoms with Crippen molar-refractivity contribution in [3.05, 3.63) is 16.5 Å². The Bertz CT molecular complexity index is 538. The maximum absolute atomic E-state index is 12.1. The van der Waals surface area contributed by atoms with Crippen LogP contribution < -0.4 is 10.0 Å². The molecule has 1 rings (SSSR count). The van der Waals surface area contributed by atoms with Crippen LogP contribution in [0.3, 0.4) is 0 Å². The first-order chi connectivity index (χ1) is 9.15. The van der Waals surface area contributed by atoms with Crippen LogP contribution in [0.15, 0.2) is 10.3 Å². The van der Waals surface area contributed by atoms with E-state index in [1.54, 1.807) is 11.6 Å². The van der Waals surface area contributed by atoms with E-state index < -0.39 is 22.7 Å². The second-order valence-electron chi connectivity index (χ2n) is 4.29. The molecule has 2 N–H and O–H groups in total. The average Bonchev–Trinajstić information content (AvgIpc) is 2.69. The lowest BCUT2D eigenvalue weighted by molar-refractivity contribution is -0.121. The molecule has 0 amide bonds. The van der Waals surface area contributed by atoms with Crippen molar-refractivity contribution in [3.8, 4) is 0 Å². The fourth-order valence-corrected chi connectivity index (χ4v) is 4.04. The molecular weight excluding hydrogens is 313 g/mol. The summed E-state index contributed by atoms with van der Waals surface area (Å²) in [7, 11) is -4.10. The van der Waals surface area contributed by atoms with E-state index in [0.29, 0.717) is 6.54 Å². The number of thiophene rings is 1. The molecule has 0 aromatic carbocycles. The molecule has 9 heteroatoms. The Hall–Kier alpha value is -0.640. The first-order valence-corrected chi connectivity index (χ1v) is 8.32. The van der Waals surface area contributed by atoms with Crippen LogP contribution in [0.4, 0.5) is 13.2 Å². The zero-order valence-electron chi connectivity index (χ0n) is 11.2. The van der Waals surface area contributed by atoms with Crippen molar-refractivity contribution in [3.63, 3.8) is 0 Å². The third-order valence-electron chi connectivity index (χ3n) is 2.44. The summed E-state index contributed by atoms with van der Waals surface area (Å²) in [6, 6.07) is 1.40. The van der Waals surface area contributed by atoms with Crippen LogP contribution in [0.2, 0.25) is 0 Å². The maximum Gasteiger partial charge on any atom is 0.402 e. The fraction of sp³-hybridized carbons (Fsp3) is 0.636. The minimum atomic E-state index is -4.56. The molecule has 1 heterocycles. The molecule has 20 heavy (non-hydrogen) atoms. The van der Waals surface area contributed by atoms with Gasteiger partial charge in [0, 0.05) is 11.4 Å². The topological polar surface area (TPSA) is 58.2 Å². The quantitative estimate of drug-likeness (QED) is 0.755. The summed E-state index contributed by atoms with van der Waals surface area (Å²) in [5.41, 5.74) is 0.756. The Morgan fingerprint density at radius 3 is 2.55 bits per heavy atom. The summed E-state index contributed by atoms with van der Waals surface area (Å²) in [4.78, 5) is 0.811. The van der Waals surface area contributed by atoms with Gasteiger partial charge in [-0.2, -0.15) is 13.2 Å². The number of hydrogen-bond acceptors (Lipinski definition) is 4. The number of sulfonamides is 1. The van der Waals surface area contributed by atoms with Gasteiger partial charge in [-0.1, -0.05) is 6.92 Å². The molecule has 1 aromatic heterocycles. The van der Waals surface area contributed by atoms with Crippen molar-refractivity contribution >= 4 is 21.4 Å². The third-order valence-corrected chi connectivity index (χ3v) is 5.55. The second-order valence-corrected chi connectivity index (χ2v) is 7.42. The number of halogens is 3. The van der Waals surface area contributed by atoms with Crippen LogP contribution >= 0.6 is 11.3 Å². The lowest BCUT2D eigenvalue weighted by Crippen LogP contribution is -2.33. The minimum Gasteiger partial charge on any atom is -0.312 e. The summed E-state index contributed by atoms with van der Waals surface area (Å²) < 4.78 is 61.2. The smallest absolute Gasteiger partial charge is 0.312 e. The Morgan fingerprint density at radius 1 is 1.35 bits per heavy atom. The van der Waals surface area contributed by atoms with E-state index in [2.05, 4.69) is 5.32 Å². The van der Waals surface area contributed by atoms with Gasteiger partial charge in [-0.15, -0.1) is 11.3 Å². The van der Waals surface area contributed by atoms with Crippen LogP contribution in [-0.2, 0) is 16.6 Å². The molecule has 0 atom stereocenters. The number of alkyl halides is 3. The van der Waals surface area contributed by atoms with Crippen molar-refractivity contribution in [1.29, 1.82) is 0 Å². The number of aryl methyl sites for hydroxylation is 1. The molecule has 0 aliphatic carbocycles. The highest BCUT2D eigenvalue weighted by molar-refractivity contribution is 7.91. The van der Waals surface area contributed by atoms with Gasteiger partial charge in [0.2, 0.25) is 10.0 Å². The molecule has 0 bridgehead atoms. The Morgan fingerprint density at radius 2 is 2.00 bits per heavy atom. The SMILES string of the molecule is CCCNCc1sc(S(=O)(=O)NCC(F)(F)F)cc1C. The van der Waals surface area contributed by atoms with Crippen LogP contribution in [-0.4, -0.2) is 27.7 Å². The van der Waals surface area contributed by atoms with E-state index >= 15 is 0 Å². The molecule has 0 aliphatic heterocycles. The minimum absolute atomic E-state index is 0.0902. The van der Waals surface area contributed by atoms with E-state index in [9.17, 15) is 21.6 Å². The summed E-state index contributed by atoms with van der Waals surface area (Å²) in [6.45, 7) is 3.49. The monoisotopic (exact) mass is 330 g/mol. The van der Waals surface area contributed by atoms with Gasteiger partial charge in [0.05, 0.1) is 0 Å². The van der Waals surface area contributed by atoms with Crippen molar-refractivity contribution in [1.82, 2.24) is 10.0 Å². The summed E-state index contributed by atoms with van der Waals surface area (Å²) in [5, 5.41) is 3.13. The maximum atomic E-state index is 12.1. The molecule has 0 unspecified atom stereocenters. The van der Waals surface area contributed by atoms with Gasteiger partial charge < -0.3 is 5.32 Å². The highest BCUT2D eigenvalue weighted by atomic mass is 32.2. The molecule has 4 nitrogen and oxygen atoms in total. The Balaban J connectivity index is 2.78. The zero-order chi connectivity index (χ0) is 15.4. The van der Waals surface area contributed by atoms with Crippen LogP contribution in [0.1, 0.15) is 23.8 Å². The molecule has 0 spiro atoms. The molecule has 0 radical (unpaired) electrons. The van der Waals surface area contributed by atoms with Gasteiger partial charge >= 0.3 is 6.18 Å². The van der Waals surface area contributed by atoms with Gasteiger partial charge in [-0.05, 0) is 31.5 Å². The van der Waals surface area contributed by atoms with E-state index in [-0.39, 0.29) is 4.21 Å². The molecule has 0 aliphatic rings.